The van der Waals surface area contributed by atoms with Crippen LogP contribution in [0.3, 0.4) is 0 Å². The number of aryl methyl sites for hydroxylation is 1. The number of fused-ring (bicyclic) bond motifs is 2. The lowest BCUT2D eigenvalue weighted by atomic mass is 10.0. The van der Waals surface area contributed by atoms with Crippen LogP contribution in [0, 0.1) is 6.92 Å². The molecule has 0 radical (unpaired) electrons. The molecule has 0 amide bonds. The number of rotatable bonds is 3. The summed E-state index contributed by atoms with van der Waals surface area (Å²) in [6, 6.07) is 10.6. The lowest BCUT2D eigenvalue weighted by molar-refractivity contribution is 0.400. The minimum atomic E-state index is 0.678. The van der Waals surface area contributed by atoms with Gasteiger partial charge in [0.2, 0.25) is 0 Å². The van der Waals surface area contributed by atoms with Crippen molar-refractivity contribution in [1.29, 1.82) is 0 Å². The van der Waals surface area contributed by atoms with Gasteiger partial charge in [0, 0.05) is 30.2 Å². The van der Waals surface area contributed by atoms with Gasteiger partial charge in [0.1, 0.15) is 5.76 Å². The van der Waals surface area contributed by atoms with Gasteiger partial charge in [-0.15, -0.1) is 0 Å². The summed E-state index contributed by atoms with van der Waals surface area (Å²) >= 11 is 0. The third-order valence-electron chi connectivity index (χ3n) is 4.49. The van der Waals surface area contributed by atoms with Crippen molar-refractivity contribution in [2.75, 3.05) is 5.32 Å². The Kier molecular flexibility index (Phi) is 3.00. The fraction of sp³-hybridized carbons (Fsp3) is 0.100. The fourth-order valence-corrected chi connectivity index (χ4v) is 3.28. The Morgan fingerprint density at radius 1 is 1.16 bits per heavy atom. The zero-order chi connectivity index (χ0) is 16.8. The Bertz CT molecular complexity index is 1120. The lowest BCUT2D eigenvalue weighted by Crippen LogP contribution is -1.97. The van der Waals surface area contributed by atoms with E-state index in [0.29, 0.717) is 5.82 Å². The molecule has 5 heteroatoms. The normalized spacial score (nSPS) is 12.7. The first-order valence-electron chi connectivity index (χ1n) is 8.23. The number of nitrogens with one attached hydrogen (secondary N) is 1. The topological polar surface area (TPSA) is 55.4 Å². The van der Waals surface area contributed by atoms with E-state index in [0.717, 1.165) is 29.1 Å². The molecule has 0 spiro atoms. The van der Waals surface area contributed by atoms with Crippen molar-refractivity contribution < 1.29 is 4.52 Å². The Morgan fingerprint density at radius 3 is 3.00 bits per heavy atom. The summed E-state index contributed by atoms with van der Waals surface area (Å²) in [5, 5.41) is 7.34. The summed E-state index contributed by atoms with van der Waals surface area (Å²) in [7, 11) is 0. The number of pyridine rings is 1. The summed E-state index contributed by atoms with van der Waals surface area (Å²) in [5.41, 5.74) is 6.75. The Labute approximate surface area is 144 Å². The predicted octanol–water partition coefficient (Wildman–Crippen LogP) is 4.61. The van der Waals surface area contributed by atoms with Gasteiger partial charge in [0.25, 0.3) is 0 Å². The van der Waals surface area contributed by atoms with Crippen molar-refractivity contribution in [2.45, 2.75) is 13.3 Å². The van der Waals surface area contributed by atoms with Crippen LogP contribution in [0.2, 0.25) is 0 Å². The molecule has 0 aliphatic heterocycles. The van der Waals surface area contributed by atoms with Crippen LogP contribution in [0.15, 0.2) is 59.5 Å². The molecule has 0 unspecified atom stereocenters. The van der Waals surface area contributed by atoms with Gasteiger partial charge in [0.05, 0.1) is 5.69 Å². The minimum Gasteiger partial charge on any atom is -0.360 e. The van der Waals surface area contributed by atoms with E-state index in [4.69, 9.17) is 4.52 Å². The van der Waals surface area contributed by atoms with E-state index in [1.54, 1.807) is 6.20 Å². The molecule has 3 aromatic heterocycles. The summed E-state index contributed by atoms with van der Waals surface area (Å²) in [6.07, 6.45) is 11.2. The quantitative estimate of drug-likeness (QED) is 0.596. The average Bonchev–Trinajstić information content (AvgIpc) is 3.34. The SMILES string of the molecule is Cc1cc(Nc2cc(-c3ccc4c(c3)CC=C4)cn3ccnc23)no1. The van der Waals surface area contributed by atoms with Gasteiger partial charge >= 0.3 is 0 Å². The molecule has 5 nitrogen and oxygen atoms in total. The summed E-state index contributed by atoms with van der Waals surface area (Å²) in [6.45, 7) is 1.87. The smallest absolute Gasteiger partial charge is 0.174 e. The van der Waals surface area contributed by atoms with E-state index < -0.39 is 0 Å². The molecule has 5 rings (SSSR count). The van der Waals surface area contributed by atoms with Crippen LogP contribution in [-0.4, -0.2) is 14.5 Å². The molecule has 25 heavy (non-hydrogen) atoms. The summed E-state index contributed by atoms with van der Waals surface area (Å²) in [5.74, 6) is 1.45. The fourth-order valence-electron chi connectivity index (χ4n) is 3.28. The molecule has 122 valence electrons. The van der Waals surface area contributed by atoms with Crippen LogP contribution in [0.1, 0.15) is 16.9 Å². The number of nitrogens with zero attached hydrogens (tertiary/aromatic N) is 3. The van der Waals surface area contributed by atoms with Crippen molar-refractivity contribution in [3.63, 3.8) is 0 Å². The highest BCUT2D eigenvalue weighted by Gasteiger charge is 2.11. The van der Waals surface area contributed by atoms with Gasteiger partial charge < -0.3 is 14.2 Å². The van der Waals surface area contributed by atoms with E-state index in [2.05, 4.69) is 58.1 Å². The third-order valence-corrected chi connectivity index (χ3v) is 4.49. The molecule has 3 heterocycles. The van der Waals surface area contributed by atoms with E-state index in [1.165, 1.54) is 16.7 Å². The molecule has 1 aliphatic rings. The molecule has 0 bridgehead atoms. The summed E-state index contributed by atoms with van der Waals surface area (Å²) < 4.78 is 7.17. The zero-order valence-corrected chi connectivity index (χ0v) is 13.7. The van der Waals surface area contributed by atoms with E-state index in [-0.39, 0.29) is 0 Å². The van der Waals surface area contributed by atoms with Gasteiger partial charge in [-0.1, -0.05) is 35.5 Å². The van der Waals surface area contributed by atoms with Crippen molar-refractivity contribution in [2.24, 2.45) is 0 Å². The third kappa shape index (κ3) is 2.41. The maximum Gasteiger partial charge on any atom is 0.174 e. The molecule has 0 fully saturated rings. The number of imidazole rings is 1. The molecule has 1 aromatic carbocycles. The molecule has 1 N–H and O–H groups in total. The maximum absolute atomic E-state index is 5.15. The second-order valence-electron chi connectivity index (χ2n) is 6.27. The number of benzene rings is 1. The number of allylic oxidation sites excluding steroid dienone is 1. The highest BCUT2D eigenvalue weighted by Crippen LogP contribution is 2.31. The van der Waals surface area contributed by atoms with Crippen LogP contribution < -0.4 is 5.32 Å². The second kappa shape index (κ2) is 5.34. The van der Waals surface area contributed by atoms with Crippen molar-refractivity contribution in [1.82, 2.24) is 14.5 Å². The van der Waals surface area contributed by atoms with E-state index in [1.807, 2.05) is 23.6 Å². The van der Waals surface area contributed by atoms with Gasteiger partial charge in [-0.25, -0.2) is 4.98 Å². The minimum absolute atomic E-state index is 0.678. The maximum atomic E-state index is 5.15. The molecule has 0 atom stereocenters. The average molecular weight is 328 g/mol. The van der Waals surface area contributed by atoms with Crippen molar-refractivity contribution in [3.8, 4) is 11.1 Å². The van der Waals surface area contributed by atoms with Gasteiger partial charge in [-0.2, -0.15) is 0 Å². The summed E-state index contributed by atoms with van der Waals surface area (Å²) in [4.78, 5) is 4.45. The zero-order valence-electron chi connectivity index (χ0n) is 13.7. The number of aromatic nitrogens is 3. The monoisotopic (exact) mass is 328 g/mol. The highest BCUT2D eigenvalue weighted by molar-refractivity contribution is 5.80. The Balaban J connectivity index is 1.62. The van der Waals surface area contributed by atoms with Crippen LogP contribution >= 0.6 is 0 Å². The van der Waals surface area contributed by atoms with Crippen LogP contribution in [0.5, 0.6) is 0 Å². The number of anilines is 2. The van der Waals surface area contributed by atoms with Crippen LogP contribution in [0.25, 0.3) is 22.9 Å². The molecular weight excluding hydrogens is 312 g/mol. The molecule has 0 saturated carbocycles. The Morgan fingerprint density at radius 2 is 2.12 bits per heavy atom. The molecule has 0 saturated heterocycles. The van der Waals surface area contributed by atoms with Crippen molar-refractivity contribution in [3.05, 3.63) is 71.9 Å². The van der Waals surface area contributed by atoms with E-state index in [9.17, 15) is 0 Å². The molecule has 4 aromatic rings. The number of hydrogen-bond acceptors (Lipinski definition) is 4. The number of hydrogen-bond donors (Lipinski definition) is 1. The highest BCUT2D eigenvalue weighted by atomic mass is 16.5. The van der Waals surface area contributed by atoms with Gasteiger partial charge in [-0.05, 0) is 36.1 Å². The molecular formula is C20H16N4O. The van der Waals surface area contributed by atoms with Crippen LogP contribution in [0.4, 0.5) is 11.5 Å². The molecule has 1 aliphatic carbocycles. The first kappa shape index (κ1) is 14.0. The van der Waals surface area contributed by atoms with E-state index >= 15 is 0 Å². The lowest BCUT2D eigenvalue weighted by Gasteiger charge is -2.10. The van der Waals surface area contributed by atoms with Crippen LogP contribution in [-0.2, 0) is 6.42 Å². The predicted molar refractivity (Wildman–Crippen MR) is 97.9 cm³/mol. The van der Waals surface area contributed by atoms with Crippen molar-refractivity contribution >= 4 is 23.2 Å². The first-order chi connectivity index (χ1) is 12.3. The second-order valence-corrected chi connectivity index (χ2v) is 6.27. The largest absolute Gasteiger partial charge is 0.360 e. The standard InChI is InChI=1S/C20H16N4O/c1-13-9-19(23-25-13)22-18-11-17(12-24-8-7-21-20(18)24)16-6-5-14-3-2-4-15(14)10-16/h2-3,5-12H,4H2,1H3,(H,22,23). The Hall–Kier alpha value is -3.34. The van der Waals surface area contributed by atoms with Gasteiger partial charge in [0.15, 0.2) is 11.5 Å². The first-order valence-corrected chi connectivity index (χ1v) is 8.23. The van der Waals surface area contributed by atoms with Gasteiger partial charge in [-0.3, -0.25) is 0 Å².